The van der Waals surface area contributed by atoms with Gasteiger partial charge in [0.1, 0.15) is 0 Å². The molecule has 4 nitrogen and oxygen atoms in total. The maximum atomic E-state index is 11.7. The van der Waals surface area contributed by atoms with Crippen molar-refractivity contribution in [2.24, 2.45) is 5.92 Å². The van der Waals surface area contributed by atoms with Gasteiger partial charge in [0.15, 0.2) is 10.9 Å². The summed E-state index contributed by atoms with van der Waals surface area (Å²) < 4.78 is 0. The van der Waals surface area contributed by atoms with E-state index in [-0.39, 0.29) is 17.6 Å². The number of nitrogens with one attached hydrogen (secondary N) is 1. The summed E-state index contributed by atoms with van der Waals surface area (Å²) in [4.78, 5) is 28.4. The molecular weight excluding hydrogens is 272 g/mol. The van der Waals surface area contributed by atoms with E-state index in [1.165, 1.54) is 18.3 Å². The standard InChI is InChI=1S/C15H16N2O2S/c1-9(2)14(19)17-15-16-12(13(20-15)10(3)18)11-7-5-4-6-8-11/h4-9H,1-3H3,(H,16,17,19). The first-order valence-electron chi connectivity index (χ1n) is 6.37. The third-order valence-corrected chi connectivity index (χ3v) is 3.82. The van der Waals surface area contributed by atoms with Crippen LogP contribution in [0.25, 0.3) is 11.3 Å². The number of Topliss-reactive ketones (excluding diaryl/α,β-unsaturated/α-hetero) is 1. The topological polar surface area (TPSA) is 59.1 Å². The number of anilines is 1. The lowest BCUT2D eigenvalue weighted by Crippen LogP contribution is -2.17. The fourth-order valence-electron chi connectivity index (χ4n) is 1.65. The number of carbonyl (C=O) groups is 2. The maximum Gasteiger partial charge on any atom is 0.228 e. The zero-order valence-electron chi connectivity index (χ0n) is 11.6. The van der Waals surface area contributed by atoms with Gasteiger partial charge in [-0.2, -0.15) is 0 Å². The highest BCUT2D eigenvalue weighted by molar-refractivity contribution is 7.18. The van der Waals surface area contributed by atoms with E-state index in [1.807, 2.05) is 44.2 Å². The van der Waals surface area contributed by atoms with Gasteiger partial charge in [0.25, 0.3) is 0 Å². The first-order chi connectivity index (χ1) is 9.49. The average Bonchev–Trinajstić information content (AvgIpc) is 2.83. The van der Waals surface area contributed by atoms with Crippen LogP contribution in [0.4, 0.5) is 5.13 Å². The molecule has 1 heterocycles. The molecule has 1 aromatic carbocycles. The monoisotopic (exact) mass is 288 g/mol. The van der Waals surface area contributed by atoms with Crippen LogP contribution in [0.2, 0.25) is 0 Å². The Morgan fingerprint density at radius 2 is 1.85 bits per heavy atom. The average molecular weight is 288 g/mol. The van der Waals surface area contributed by atoms with Crippen molar-refractivity contribution in [1.82, 2.24) is 4.98 Å². The van der Waals surface area contributed by atoms with E-state index >= 15 is 0 Å². The summed E-state index contributed by atoms with van der Waals surface area (Å²) in [5, 5.41) is 3.21. The smallest absolute Gasteiger partial charge is 0.228 e. The molecule has 0 radical (unpaired) electrons. The number of hydrogen-bond acceptors (Lipinski definition) is 4. The summed E-state index contributed by atoms with van der Waals surface area (Å²) in [7, 11) is 0. The van der Waals surface area contributed by atoms with Crippen LogP contribution in [-0.2, 0) is 4.79 Å². The second-order valence-electron chi connectivity index (χ2n) is 4.76. The Morgan fingerprint density at radius 3 is 2.40 bits per heavy atom. The molecule has 1 N–H and O–H groups in total. The van der Waals surface area contributed by atoms with E-state index in [0.717, 1.165) is 5.56 Å². The van der Waals surface area contributed by atoms with Crippen LogP contribution in [0.15, 0.2) is 30.3 Å². The number of aromatic nitrogens is 1. The van der Waals surface area contributed by atoms with E-state index < -0.39 is 0 Å². The molecule has 0 aliphatic rings. The molecule has 20 heavy (non-hydrogen) atoms. The molecular formula is C15H16N2O2S. The van der Waals surface area contributed by atoms with Crippen molar-refractivity contribution < 1.29 is 9.59 Å². The molecule has 0 bridgehead atoms. The zero-order chi connectivity index (χ0) is 14.7. The SMILES string of the molecule is CC(=O)c1sc(NC(=O)C(C)C)nc1-c1ccccc1. The van der Waals surface area contributed by atoms with Crippen LogP contribution in [0.3, 0.4) is 0 Å². The van der Waals surface area contributed by atoms with Crippen LogP contribution < -0.4 is 5.32 Å². The van der Waals surface area contributed by atoms with Gasteiger partial charge in [0.05, 0.1) is 10.6 Å². The number of rotatable bonds is 4. The molecule has 0 unspecified atom stereocenters. The Bertz CT molecular complexity index is 633. The lowest BCUT2D eigenvalue weighted by Gasteiger charge is -2.03. The van der Waals surface area contributed by atoms with Crippen molar-refractivity contribution >= 4 is 28.2 Å². The highest BCUT2D eigenvalue weighted by atomic mass is 32.1. The van der Waals surface area contributed by atoms with Crippen LogP contribution in [-0.4, -0.2) is 16.7 Å². The Labute approximate surface area is 121 Å². The van der Waals surface area contributed by atoms with Crippen LogP contribution in [0, 0.1) is 5.92 Å². The largest absolute Gasteiger partial charge is 0.302 e. The maximum absolute atomic E-state index is 11.7. The number of amides is 1. The molecule has 0 spiro atoms. The van der Waals surface area contributed by atoms with E-state index in [4.69, 9.17) is 0 Å². The number of ketones is 1. The van der Waals surface area contributed by atoms with Gasteiger partial charge in [-0.15, -0.1) is 0 Å². The first-order valence-corrected chi connectivity index (χ1v) is 7.18. The lowest BCUT2D eigenvalue weighted by atomic mass is 10.1. The second-order valence-corrected chi connectivity index (χ2v) is 5.76. The first kappa shape index (κ1) is 14.4. The van der Waals surface area contributed by atoms with Gasteiger partial charge < -0.3 is 5.32 Å². The molecule has 0 atom stereocenters. The van der Waals surface area contributed by atoms with Gasteiger partial charge in [-0.3, -0.25) is 9.59 Å². The number of carbonyl (C=O) groups excluding carboxylic acids is 2. The molecule has 0 saturated carbocycles. The van der Waals surface area contributed by atoms with Crippen molar-refractivity contribution in [3.63, 3.8) is 0 Å². The Balaban J connectivity index is 2.39. The van der Waals surface area contributed by atoms with Crippen molar-refractivity contribution in [3.8, 4) is 11.3 Å². The molecule has 5 heteroatoms. The minimum Gasteiger partial charge on any atom is -0.302 e. The Kier molecular flexibility index (Phi) is 4.29. The summed E-state index contributed by atoms with van der Waals surface area (Å²) in [5.74, 6) is -0.278. The molecule has 1 aromatic heterocycles. The summed E-state index contributed by atoms with van der Waals surface area (Å²) in [6, 6.07) is 9.49. The molecule has 104 valence electrons. The van der Waals surface area contributed by atoms with Crippen LogP contribution >= 0.6 is 11.3 Å². The number of nitrogens with zero attached hydrogens (tertiary/aromatic N) is 1. The lowest BCUT2D eigenvalue weighted by molar-refractivity contribution is -0.118. The van der Waals surface area contributed by atoms with Gasteiger partial charge in [-0.1, -0.05) is 55.5 Å². The predicted octanol–water partition coefficient (Wildman–Crippen LogP) is 3.61. The summed E-state index contributed by atoms with van der Waals surface area (Å²) in [5.41, 5.74) is 1.50. The molecule has 0 aliphatic carbocycles. The van der Waals surface area contributed by atoms with Crippen molar-refractivity contribution in [1.29, 1.82) is 0 Å². The molecule has 2 aromatic rings. The quantitative estimate of drug-likeness (QED) is 0.874. The summed E-state index contributed by atoms with van der Waals surface area (Å²) >= 11 is 1.22. The van der Waals surface area contributed by atoms with Gasteiger partial charge in [-0.25, -0.2) is 4.98 Å². The van der Waals surface area contributed by atoms with Crippen molar-refractivity contribution in [2.75, 3.05) is 5.32 Å². The fraction of sp³-hybridized carbons (Fsp3) is 0.267. The summed E-state index contributed by atoms with van der Waals surface area (Å²) in [6.45, 7) is 5.13. The number of thiazole rings is 1. The molecule has 0 saturated heterocycles. The van der Waals surface area contributed by atoms with Crippen LogP contribution in [0.5, 0.6) is 0 Å². The van der Waals surface area contributed by atoms with E-state index in [2.05, 4.69) is 10.3 Å². The van der Waals surface area contributed by atoms with E-state index in [9.17, 15) is 9.59 Å². The Hall–Kier alpha value is -2.01. The van der Waals surface area contributed by atoms with Gasteiger partial charge in [-0.05, 0) is 0 Å². The fourth-order valence-corrected chi connectivity index (χ4v) is 2.54. The normalized spacial score (nSPS) is 10.6. The molecule has 2 rings (SSSR count). The highest BCUT2D eigenvalue weighted by Gasteiger charge is 2.18. The van der Waals surface area contributed by atoms with Crippen LogP contribution in [0.1, 0.15) is 30.4 Å². The highest BCUT2D eigenvalue weighted by Crippen LogP contribution is 2.31. The predicted molar refractivity (Wildman–Crippen MR) is 81.0 cm³/mol. The van der Waals surface area contributed by atoms with E-state index in [0.29, 0.717) is 15.7 Å². The van der Waals surface area contributed by atoms with Crippen molar-refractivity contribution in [2.45, 2.75) is 20.8 Å². The molecule has 0 aliphatic heterocycles. The summed E-state index contributed by atoms with van der Waals surface area (Å²) in [6.07, 6.45) is 0. The van der Waals surface area contributed by atoms with Crippen molar-refractivity contribution in [3.05, 3.63) is 35.2 Å². The van der Waals surface area contributed by atoms with Gasteiger partial charge in [0.2, 0.25) is 5.91 Å². The van der Waals surface area contributed by atoms with E-state index in [1.54, 1.807) is 0 Å². The number of benzene rings is 1. The number of hydrogen-bond donors (Lipinski definition) is 1. The van der Waals surface area contributed by atoms with Gasteiger partial charge >= 0.3 is 0 Å². The minimum atomic E-state index is -0.125. The zero-order valence-corrected chi connectivity index (χ0v) is 12.5. The second kappa shape index (κ2) is 5.96. The Morgan fingerprint density at radius 1 is 1.20 bits per heavy atom. The molecule has 1 amide bonds. The third-order valence-electron chi connectivity index (χ3n) is 2.75. The minimum absolute atomic E-state index is 0.0496. The third kappa shape index (κ3) is 3.11. The molecule has 0 fully saturated rings. The van der Waals surface area contributed by atoms with Gasteiger partial charge in [0, 0.05) is 18.4 Å².